The van der Waals surface area contributed by atoms with Gasteiger partial charge in [0.2, 0.25) is 10.0 Å². The van der Waals surface area contributed by atoms with E-state index >= 15 is 0 Å². The number of hydrogen-bond acceptors (Lipinski definition) is 6. The normalized spacial score (nSPS) is 15.9. The first-order valence-corrected chi connectivity index (χ1v) is 10.7. The molecule has 1 aromatic carbocycles. The summed E-state index contributed by atoms with van der Waals surface area (Å²) >= 11 is 1.08. The van der Waals surface area contributed by atoms with Gasteiger partial charge < -0.3 is 9.64 Å². The van der Waals surface area contributed by atoms with Crippen LogP contribution < -0.4 is 4.90 Å². The molecule has 0 N–H and O–H groups in total. The Bertz CT molecular complexity index is 893. The van der Waals surface area contributed by atoms with E-state index in [1.165, 1.54) is 34.3 Å². The van der Waals surface area contributed by atoms with Crippen molar-refractivity contribution in [2.75, 3.05) is 38.2 Å². The Hall–Kier alpha value is -1.90. The zero-order valence-corrected chi connectivity index (χ0v) is 16.7. The molecule has 0 saturated carbocycles. The standard InChI is InChI=1S/C18H22N2O4S2/c1-13-5-4-6-14(2)16(13)19-8-10-20(11-9-19)26(22,23)15-7-12-25-17(15)18(21)24-3/h4-7,12H,8-11H2,1-3H3. The number of para-hydroxylation sites is 1. The molecule has 0 spiro atoms. The number of ether oxygens (including phenoxy) is 1. The summed E-state index contributed by atoms with van der Waals surface area (Å²) in [6.45, 7) is 6.13. The van der Waals surface area contributed by atoms with Gasteiger partial charge >= 0.3 is 5.97 Å². The van der Waals surface area contributed by atoms with Crippen molar-refractivity contribution in [2.24, 2.45) is 0 Å². The topological polar surface area (TPSA) is 66.9 Å². The number of aryl methyl sites for hydroxylation is 2. The van der Waals surface area contributed by atoms with Crippen LogP contribution in [0.4, 0.5) is 5.69 Å². The first-order chi connectivity index (χ1) is 12.4. The minimum Gasteiger partial charge on any atom is -0.465 e. The van der Waals surface area contributed by atoms with Gasteiger partial charge in [-0.2, -0.15) is 4.31 Å². The molecule has 1 aliphatic rings. The molecule has 1 aromatic heterocycles. The molecule has 0 bridgehead atoms. The van der Waals surface area contributed by atoms with Crippen molar-refractivity contribution in [1.82, 2.24) is 4.31 Å². The number of esters is 1. The van der Waals surface area contributed by atoms with Gasteiger partial charge in [0.1, 0.15) is 9.77 Å². The maximum Gasteiger partial charge on any atom is 0.349 e. The number of carbonyl (C=O) groups excluding carboxylic acids is 1. The minimum atomic E-state index is -3.71. The molecule has 0 amide bonds. The van der Waals surface area contributed by atoms with Crippen molar-refractivity contribution in [1.29, 1.82) is 0 Å². The van der Waals surface area contributed by atoms with Crippen LogP contribution in [-0.4, -0.2) is 52.0 Å². The molecule has 1 fully saturated rings. The highest BCUT2D eigenvalue weighted by atomic mass is 32.2. The molecule has 2 heterocycles. The van der Waals surface area contributed by atoms with Gasteiger partial charge in [-0.25, -0.2) is 13.2 Å². The minimum absolute atomic E-state index is 0.0369. The van der Waals surface area contributed by atoms with Crippen LogP contribution in [0.3, 0.4) is 0 Å². The fourth-order valence-electron chi connectivity index (χ4n) is 3.34. The fraction of sp³-hybridized carbons (Fsp3) is 0.389. The lowest BCUT2D eigenvalue weighted by Gasteiger charge is -2.36. The van der Waals surface area contributed by atoms with Crippen molar-refractivity contribution >= 4 is 33.0 Å². The Morgan fingerprint density at radius 1 is 1.08 bits per heavy atom. The molecule has 3 rings (SSSR count). The van der Waals surface area contributed by atoms with Crippen LogP contribution in [0.2, 0.25) is 0 Å². The van der Waals surface area contributed by atoms with Crippen molar-refractivity contribution in [3.63, 3.8) is 0 Å². The molecule has 0 aliphatic carbocycles. The van der Waals surface area contributed by atoms with E-state index in [1.54, 1.807) is 5.38 Å². The molecule has 140 valence electrons. The summed E-state index contributed by atoms with van der Waals surface area (Å²) in [5.74, 6) is -0.618. The van der Waals surface area contributed by atoms with E-state index < -0.39 is 16.0 Å². The Balaban J connectivity index is 1.80. The summed E-state index contributed by atoms with van der Waals surface area (Å²) in [5.41, 5.74) is 3.55. The lowest BCUT2D eigenvalue weighted by molar-refractivity contribution is 0.0602. The highest BCUT2D eigenvalue weighted by Crippen LogP contribution is 2.29. The molecule has 6 nitrogen and oxygen atoms in total. The number of carbonyl (C=O) groups is 1. The largest absolute Gasteiger partial charge is 0.465 e. The van der Waals surface area contributed by atoms with Gasteiger partial charge in [-0.05, 0) is 36.4 Å². The summed E-state index contributed by atoms with van der Waals surface area (Å²) in [5, 5.41) is 1.60. The average Bonchev–Trinajstić information content (AvgIpc) is 3.12. The highest BCUT2D eigenvalue weighted by molar-refractivity contribution is 7.89. The molecular weight excluding hydrogens is 372 g/mol. The third-order valence-corrected chi connectivity index (χ3v) is 7.58. The van der Waals surface area contributed by atoms with Crippen molar-refractivity contribution < 1.29 is 17.9 Å². The van der Waals surface area contributed by atoms with E-state index in [2.05, 4.69) is 30.9 Å². The van der Waals surface area contributed by atoms with Crippen LogP contribution >= 0.6 is 11.3 Å². The van der Waals surface area contributed by atoms with Gasteiger partial charge in [0.05, 0.1) is 7.11 Å². The number of nitrogens with zero attached hydrogens (tertiary/aromatic N) is 2. The van der Waals surface area contributed by atoms with E-state index in [0.717, 1.165) is 11.3 Å². The summed E-state index contributed by atoms with van der Waals surface area (Å²) in [6, 6.07) is 7.64. The number of sulfonamides is 1. The van der Waals surface area contributed by atoms with Crippen LogP contribution in [0.25, 0.3) is 0 Å². The molecular formula is C18H22N2O4S2. The van der Waals surface area contributed by atoms with E-state index in [0.29, 0.717) is 26.2 Å². The number of benzene rings is 1. The Morgan fingerprint density at radius 3 is 2.27 bits per heavy atom. The molecule has 1 saturated heterocycles. The van der Waals surface area contributed by atoms with Gasteiger partial charge in [0.15, 0.2) is 0 Å². The molecule has 1 aliphatic heterocycles. The van der Waals surface area contributed by atoms with Crippen LogP contribution in [0.5, 0.6) is 0 Å². The quantitative estimate of drug-likeness (QED) is 0.746. The zero-order chi connectivity index (χ0) is 18.9. The van der Waals surface area contributed by atoms with E-state index in [1.807, 2.05) is 6.07 Å². The molecule has 0 unspecified atom stereocenters. The maximum atomic E-state index is 13.0. The lowest BCUT2D eigenvalue weighted by atomic mass is 10.1. The number of thiophene rings is 1. The summed E-state index contributed by atoms with van der Waals surface area (Å²) in [7, 11) is -2.46. The third kappa shape index (κ3) is 3.36. The Labute approximate surface area is 158 Å². The van der Waals surface area contributed by atoms with Gasteiger partial charge in [0.25, 0.3) is 0 Å². The van der Waals surface area contributed by atoms with Crippen LogP contribution in [0.1, 0.15) is 20.8 Å². The summed E-state index contributed by atoms with van der Waals surface area (Å²) < 4.78 is 32.1. The number of rotatable bonds is 4. The van der Waals surface area contributed by atoms with Gasteiger partial charge in [-0.1, -0.05) is 18.2 Å². The van der Waals surface area contributed by atoms with Crippen LogP contribution in [-0.2, 0) is 14.8 Å². The molecule has 2 aromatic rings. The van der Waals surface area contributed by atoms with Crippen LogP contribution in [0, 0.1) is 13.8 Å². The number of anilines is 1. The highest BCUT2D eigenvalue weighted by Gasteiger charge is 2.33. The van der Waals surface area contributed by atoms with Gasteiger partial charge in [0, 0.05) is 31.9 Å². The smallest absolute Gasteiger partial charge is 0.349 e. The lowest BCUT2D eigenvalue weighted by Crippen LogP contribution is -2.49. The number of piperazine rings is 1. The van der Waals surface area contributed by atoms with E-state index in [-0.39, 0.29) is 9.77 Å². The van der Waals surface area contributed by atoms with Crippen molar-refractivity contribution in [2.45, 2.75) is 18.7 Å². The van der Waals surface area contributed by atoms with Crippen molar-refractivity contribution in [3.05, 3.63) is 45.6 Å². The summed E-state index contributed by atoms with van der Waals surface area (Å²) in [4.78, 5) is 14.2. The third-order valence-electron chi connectivity index (χ3n) is 4.61. The van der Waals surface area contributed by atoms with Crippen molar-refractivity contribution in [3.8, 4) is 0 Å². The molecule has 0 radical (unpaired) electrons. The zero-order valence-electron chi connectivity index (χ0n) is 15.1. The molecule has 0 atom stereocenters. The van der Waals surface area contributed by atoms with Crippen LogP contribution in [0.15, 0.2) is 34.5 Å². The molecule has 8 heteroatoms. The summed E-state index contributed by atoms with van der Waals surface area (Å²) in [6.07, 6.45) is 0. The second-order valence-corrected chi connectivity index (χ2v) is 9.06. The monoisotopic (exact) mass is 394 g/mol. The first-order valence-electron chi connectivity index (χ1n) is 8.33. The predicted molar refractivity (Wildman–Crippen MR) is 103 cm³/mol. The fourth-order valence-corrected chi connectivity index (χ4v) is 6.07. The number of methoxy groups -OCH3 is 1. The second kappa shape index (κ2) is 7.38. The van der Waals surface area contributed by atoms with Gasteiger partial charge in [-0.3, -0.25) is 0 Å². The SMILES string of the molecule is COC(=O)c1sccc1S(=O)(=O)N1CCN(c2c(C)cccc2C)CC1. The first kappa shape index (κ1) is 18.9. The Morgan fingerprint density at radius 2 is 1.69 bits per heavy atom. The molecule has 26 heavy (non-hydrogen) atoms. The maximum absolute atomic E-state index is 13.0. The number of hydrogen-bond donors (Lipinski definition) is 0. The van der Waals surface area contributed by atoms with E-state index in [4.69, 9.17) is 4.74 Å². The average molecular weight is 395 g/mol. The van der Waals surface area contributed by atoms with Gasteiger partial charge in [-0.15, -0.1) is 11.3 Å². The Kier molecular flexibility index (Phi) is 5.36. The van der Waals surface area contributed by atoms with E-state index in [9.17, 15) is 13.2 Å². The second-order valence-electron chi connectivity index (χ2n) is 6.24. The predicted octanol–water partition coefficient (Wildman–Crippen LogP) is 2.66.